The van der Waals surface area contributed by atoms with Crippen LogP contribution in [0.5, 0.6) is 5.75 Å². The molecule has 1 aromatic heterocycles. The third-order valence-electron chi connectivity index (χ3n) is 7.33. The van der Waals surface area contributed by atoms with E-state index in [9.17, 15) is 9.59 Å². The second-order valence-corrected chi connectivity index (χ2v) is 10.3. The first-order valence-electron chi connectivity index (χ1n) is 13.0. The van der Waals surface area contributed by atoms with Crippen molar-refractivity contribution in [2.75, 3.05) is 6.61 Å². The summed E-state index contributed by atoms with van der Waals surface area (Å²) in [6.45, 7) is 12.8. The Bertz CT molecular complexity index is 1500. The molecule has 1 heterocycles. The van der Waals surface area contributed by atoms with E-state index in [1.165, 1.54) is 5.56 Å². The molecule has 0 aliphatic rings. The zero-order valence-corrected chi connectivity index (χ0v) is 23.0. The highest BCUT2D eigenvalue weighted by Crippen LogP contribution is 2.29. The number of ether oxygens (including phenoxy) is 1. The Morgan fingerprint density at radius 2 is 1.68 bits per heavy atom. The molecule has 198 valence electrons. The molecule has 38 heavy (non-hydrogen) atoms. The molecule has 0 bridgehead atoms. The number of aliphatic carboxylic acids is 1. The van der Waals surface area contributed by atoms with E-state index in [4.69, 9.17) is 9.84 Å². The van der Waals surface area contributed by atoms with Gasteiger partial charge in [-0.05, 0) is 91.8 Å². The van der Waals surface area contributed by atoms with Gasteiger partial charge in [-0.25, -0.2) is 4.79 Å². The number of fused-ring (bicyclic) bond motifs is 1. The van der Waals surface area contributed by atoms with E-state index in [1.807, 2.05) is 50.2 Å². The number of benzene rings is 3. The molecule has 0 spiro atoms. The average Bonchev–Trinajstić information content (AvgIpc) is 3.12. The number of carboxylic acids is 1. The van der Waals surface area contributed by atoms with Crippen LogP contribution in [0.4, 0.5) is 0 Å². The molecule has 0 radical (unpaired) electrons. The lowest BCUT2D eigenvalue weighted by molar-refractivity contribution is -0.139. The summed E-state index contributed by atoms with van der Waals surface area (Å²) in [6.07, 6.45) is 0. The van der Waals surface area contributed by atoms with Gasteiger partial charge in [0.05, 0.1) is 6.04 Å². The maximum absolute atomic E-state index is 13.2. The quantitative estimate of drug-likeness (QED) is 0.262. The summed E-state index contributed by atoms with van der Waals surface area (Å²) in [5, 5.41) is 13.1. The normalized spacial score (nSPS) is 12.1. The zero-order valence-electron chi connectivity index (χ0n) is 23.0. The van der Waals surface area contributed by atoms with Gasteiger partial charge in [-0.2, -0.15) is 0 Å². The Hall–Kier alpha value is -4.06. The van der Waals surface area contributed by atoms with Crippen LogP contribution in [0.2, 0.25) is 0 Å². The van der Waals surface area contributed by atoms with Crippen LogP contribution in [0.25, 0.3) is 10.9 Å². The van der Waals surface area contributed by atoms with E-state index < -0.39 is 5.97 Å². The van der Waals surface area contributed by atoms with Gasteiger partial charge in [-0.15, -0.1) is 0 Å². The van der Waals surface area contributed by atoms with Crippen LogP contribution in [0.1, 0.15) is 76.6 Å². The number of hydrogen-bond acceptors (Lipinski definition) is 3. The minimum absolute atomic E-state index is 0.0908. The summed E-state index contributed by atoms with van der Waals surface area (Å²) in [6, 6.07) is 19.8. The minimum Gasteiger partial charge on any atom is -0.482 e. The van der Waals surface area contributed by atoms with Crippen LogP contribution in [-0.2, 0) is 11.3 Å². The smallest absolute Gasteiger partial charge is 0.341 e. The van der Waals surface area contributed by atoms with Gasteiger partial charge in [0.15, 0.2) is 6.61 Å². The van der Waals surface area contributed by atoms with Gasteiger partial charge < -0.3 is 19.7 Å². The first-order chi connectivity index (χ1) is 18.0. The lowest BCUT2D eigenvalue weighted by Gasteiger charge is -2.17. The van der Waals surface area contributed by atoms with Gasteiger partial charge in [-0.3, -0.25) is 4.79 Å². The predicted molar refractivity (Wildman–Crippen MR) is 151 cm³/mol. The van der Waals surface area contributed by atoms with Crippen LogP contribution in [-0.4, -0.2) is 28.2 Å². The van der Waals surface area contributed by atoms with Crippen molar-refractivity contribution in [3.05, 3.63) is 99.7 Å². The lowest BCUT2D eigenvalue weighted by Crippen LogP contribution is -2.26. The number of carbonyl (C=O) groups excluding carboxylic acids is 1. The van der Waals surface area contributed by atoms with E-state index in [1.54, 1.807) is 6.07 Å². The summed E-state index contributed by atoms with van der Waals surface area (Å²) < 4.78 is 7.57. The molecule has 4 rings (SSSR count). The molecule has 0 saturated carbocycles. The molecule has 6 heteroatoms. The summed E-state index contributed by atoms with van der Waals surface area (Å²) in [5.74, 6) is -0.117. The number of aromatic nitrogens is 1. The fourth-order valence-corrected chi connectivity index (χ4v) is 4.80. The van der Waals surface area contributed by atoms with Crippen molar-refractivity contribution in [1.29, 1.82) is 0 Å². The first-order valence-corrected chi connectivity index (χ1v) is 13.0. The highest BCUT2D eigenvalue weighted by atomic mass is 16.5. The number of carbonyl (C=O) groups is 2. The van der Waals surface area contributed by atoms with Gasteiger partial charge in [0.2, 0.25) is 0 Å². The highest BCUT2D eigenvalue weighted by Gasteiger charge is 2.17. The van der Waals surface area contributed by atoms with E-state index in [2.05, 4.69) is 55.8 Å². The molecule has 4 aromatic rings. The standard InChI is InChI=1S/C32H36N2O4/c1-19(2)24-8-7-9-25(15-24)22(5)33-32(37)26-11-13-30-29(16-26)21(4)23(6)34(30)17-27-10-12-28(14-20(27)3)38-18-31(35)36/h7-16,19,22H,17-18H2,1-6H3,(H,33,37)(H,35,36). The van der Waals surface area contributed by atoms with Gasteiger partial charge >= 0.3 is 5.97 Å². The molecule has 2 N–H and O–H groups in total. The Morgan fingerprint density at radius 3 is 2.37 bits per heavy atom. The Morgan fingerprint density at radius 1 is 0.947 bits per heavy atom. The fourth-order valence-electron chi connectivity index (χ4n) is 4.80. The molecule has 1 atom stereocenters. The van der Waals surface area contributed by atoms with Crippen molar-refractivity contribution in [3.63, 3.8) is 0 Å². The van der Waals surface area contributed by atoms with Crippen LogP contribution in [0.15, 0.2) is 60.7 Å². The monoisotopic (exact) mass is 512 g/mol. The van der Waals surface area contributed by atoms with Crippen molar-refractivity contribution >= 4 is 22.8 Å². The molecule has 0 aliphatic heterocycles. The van der Waals surface area contributed by atoms with Gasteiger partial charge in [0.25, 0.3) is 5.91 Å². The SMILES string of the molecule is Cc1cc(OCC(=O)O)ccc1Cn1c(C)c(C)c2cc(C(=O)NC(C)c3cccc(C(C)C)c3)ccc21. The highest BCUT2D eigenvalue weighted by molar-refractivity contribution is 5.99. The minimum atomic E-state index is -1.00. The number of nitrogens with zero attached hydrogens (tertiary/aromatic N) is 1. The number of rotatable bonds is 9. The van der Waals surface area contributed by atoms with Crippen molar-refractivity contribution < 1.29 is 19.4 Å². The van der Waals surface area contributed by atoms with Crippen LogP contribution >= 0.6 is 0 Å². The molecule has 1 unspecified atom stereocenters. The average molecular weight is 513 g/mol. The maximum atomic E-state index is 13.2. The second kappa shape index (κ2) is 11.1. The predicted octanol–water partition coefficient (Wildman–Crippen LogP) is 6.69. The molecular weight excluding hydrogens is 476 g/mol. The lowest BCUT2D eigenvalue weighted by atomic mass is 9.98. The van der Waals surface area contributed by atoms with Crippen LogP contribution in [0, 0.1) is 20.8 Å². The van der Waals surface area contributed by atoms with E-state index >= 15 is 0 Å². The number of amides is 1. The van der Waals surface area contributed by atoms with E-state index in [0.717, 1.165) is 38.9 Å². The van der Waals surface area contributed by atoms with Crippen molar-refractivity contribution in [3.8, 4) is 5.75 Å². The van der Waals surface area contributed by atoms with E-state index in [0.29, 0.717) is 23.8 Å². The largest absolute Gasteiger partial charge is 0.482 e. The third-order valence-corrected chi connectivity index (χ3v) is 7.33. The Kier molecular flexibility index (Phi) is 7.91. The number of hydrogen-bond donors (Lipinski definition) is 2. The van der Waals surface area contributed by atoms with Gasteiger partial charge in [0, 0.05) is 28.7 Å². The molecule has 1 amide bonds. The number of carboxylic acid groups (broad SMARTS) is 1. The maximum Gasteiger partial charge on any atom is 0.341 e. The fraction of sp³-hybridized carbons (Fsp3) is 0.312. The van der Waals surface area contributed by atoms with Crippen LogP contribution in [0.3, 0.4) is 0 Å². The number of nitrogens with one attached hydrogen (secondary N) is 1. The molecule has 0 aliphatic carbocycles. The summed E-state index contributed by atoms with van der Waals surface area (Å²) in [7, 11) is 0. The summed E-state index contributed by atoms with van der Waals surface area (Å²) in [4.78, 5) is 24.0. The molecular formula is C32H36N2O4. The van der Waals surface area contributed by atoms with Crippen molar-refractivity contribution in [1.82, 2.24) is 9.88 Å². The van der Waals surface area contributed by atoms with Gasteiger partial charge in [-0.1, -0.05) is 44.2 Å². The third kappa shape index (κ3) is 5.75. The second-order valence-electron chi connectivity index (χ2n) is 10.3. The summed E-state index contributed by atoms with van der Waals surface area (Å²) >= 11 is 0. The zero-order chi connectivity index (χ0) is 27.6. The molecule has 6 nitrogen and oxygen atoms in total. The topological polar surface area (TPSA) is 80.6 Å². The Balaban J connectivity index is 1.56. The van der Waals surface area contributed by atoms with Gasteiger partial charge in [0.1, 0.15) is 5.75 Å². The van der Waals surface area contributed by atoms with E-state index in [-0.39, 0.29) is 18.6 Å². The Labute approximate surface area is 224 Å². The number of aryl methyl sites for hydroxylation is 2. The van der Waals surface area contributed by atoms with Crippen molar-refractivity contribution in [2.24, 2.45) is 0 Å². The molecule has 0 saturated heterocycles. The van der Waals surface area contributed by atoms with Crippen LogP contribution < -0.4 is 10.1 Å². The van der Waals surface area contributed by atoms with Crippen molar-refractivity contribution in [2.45, 2.75) is 60.0 Å². The summed E-state index contributed by atoms with van der Waals surface area (Å²) in [5.41, 5.74) is 8.49. The molecule has 3 aromatic carbocycles. The first kappa shape index (κ1) is 27.0. The molecule has 0 fully saturated rings.